The van der Waals surface area contributed by atoms with E-state index in [2.05, 4.69) is 24.6 Å². The molecule has 0 spiro atoms. The summed E-state index contributed by atoms with van der Waals surface area (Å²) >= 11 is 0. The number of nitrogens with zero attached hydrogens (tertiary/aromatic N) is 5. The van der Waals surface area contributed by atoms with Crippen LogP contribution >= 0.6 is 0 Å². The molecule has 0 aliphatic carbocycles. The number of rotatable bonds is 2. The second kappa shape index (κ2) is 4.14. The summed E-state index contributed by atoms with van der Waals surface area (Å²) in [6.45, 7) is 2.49. The first-order valence-electron chi connectivity index (χ1n) is 5.54. The van der Waals surface area contributed by atoms with E-state index in [1.807, 2.05) is 6.07 Å². The van der Waals surface area contributed by atoms with Crippen molar-refractivity contribution in [3.8, 4) is 0 Å². The fraction of sp³-hybridized carbons (Fsp3) is 0.364. The van der Waals surface area contributed by atoms with Crippen LogP contribution in [0.4, 0.5) is 5.69 Å². The van der Waals surface area contributed by atoms with Crippen molar-refractivity contribution in [3.63, 3.8) is 0 Å². The molecular formula is C11H13N5O. The Labute approximate surface area is 98.5 Å². The van der Waals surface area contributed by atoms with Crippen molar-refractivity contribution in [1.29, 1.82) is 0 Å². The third kappa shape index (κ3) is 1.76. The number of hydrogen-bond donors (Lipinski definition) is 1. The lowest BCUT2D eigenvalue weighted by molar-refractivity contribution is 0.281. The van der Waals surface area contributed by atoms with Crippen LogP contribution in [0.2, 0.25) is 0 Å². The molecule has 3 heterocycles. The highest BCUT2D eigenvalue weighted by molar-refractivity contribution is 5.52. The molecule has 1 aliphatic rings. The molecule has 88 valence electrons. The molecule has 0 bridgehead atoms. The topological polar surface area (TPSA) is 67.1 Å². The van der Waals surface area contributed by atoms with Gasteiger partial charge in [0.05, 0.1) is 13.2 Å². The highest BCUT2D eigenvalue weighted by Gasteiger charge is 2.19. The van der Waals surface area contributed by atoms with Crippen LogP contribution in [0.15, 0.2) is 24.8 Å². The van der Waals surface area contributed by atoms with Gasteiger partial charge in [-0.1, -0.05) is 0 Å². The average molecular weight is 231 g/mol. The van der Waals surface area contributed by atoms with Gasteiger partial charge in [-0.15, -0.1) is 10.2 Å². The van der Waals surface area contributed by atoms with E-state index >= 15 is 0 Å². The third-order valence-corrected chi connectivity index (χ3v) is 3.03. The Morgan fingerprint density at radius 2 is 2.29 bits per heavy atom. The van der Waals surface area contributed by atoms with E-state index in [9.17, 15) is 5.11 Å². The van der Waals surface area contributed by atoms with Crippen LogP contribution in [-0.2, 0) is 19.7 Å². The lowest BCUT2D eigenvalue weighted by Gasteiger charge is -2.30. The molecule has 0 atom stereocenters. The number of fused-ring (bicyclic) bond motifs is 1. The second-order valence-corrected chi connectivity index (χ2v) is 4.02. The van der Waals surface area contributed by atoms with Gasteiger partial charge in [-0.05, 0) is 6.07 Å². The largest absolute Gasteiger partial charge is 0.392 e. The van der Waals surface area contributed by atoms with Gasteiger partial charge in [0, 0.05) is 36.7 Å². The standard InChI is InChI=1S/C11H13N5O/c17-7-9-5-12-2-1-10(9)15-3-4-16-8-13-14-11(16)6-15/h1-2,5,8,17H,3-4,6-7H2. The Bertz CT molecular complexity index is 524. The summed E-state index contributed by atoms with van der Waals surface area (Å²) in [5, 5.41) is 17.3. The molecule has 0 saturated carbocycles. The SMILES string of the molecule is OCc1cnccc1N1CCn2cnnc2C1. The van der Waals surface area contributed by atoms with Gasteiger partial charge in [-0.25, -0.2) is 0 Å². The summed E-state index contributed by atoms with van der Waals surface area (Å²) in [6.07, 6.45) is 5.20. The summed E-state index contributed by atoms with van der Waals surface area (Å²) in [4.78, 5) is 6.22. The van der Waals surface area contributed by atoms with Crippen molar-refractivity contribution in [2.24, 2.45) is 0 Å². The fourth-order valence-electron chi connectivity index (χ4n) is 2.12. The molecule has 3 rings (SSSR count). The molecule has 17 heavy (non-hydrogen) atoms. The molecule has 0 saturated heterocycles. The van der Waals surface area contributed by atoms with Crippen LogP contribution in [0.1, 0.15) is 11.4 Å². The van der Waals surface area contributed by atoms with Crippen molar-refractivity contribution in [2.45, 2.75) is 19.7 Å². The summed E-state index contributed by atoms with van der Waals surface area (Å²) in [6, 6.07) is 1.93. The molecule has 0 fully saturated rings. The van der Waals surface area contributed by atoms with E-state index in [0.717, 1.165) is 36.7 Å². The minimum atomic E-state index is 0.00631. The van der Waals surface area contributed by atoms with Gasteiger partial charge in [0.15, 0.2) is 5.82 Å². The maximum Gasteiger partial charge on any atom is 0.152 e. The fourth-order valence-corrected chi connectivity index (χ4v) is 2.12. The predicted octanol–water partition coefficient (Wildman–Crippen LogP) is 0.186. The monoisotopic (exact) mass is 231 g/mol. The smallest absolute Gasteiger partial charge is 0.152 e. The van der Waals surface area contributed by atoms with E-state index in [1.54, 1.807) is 18.7 Å². The quantitative estimate of drug-likeness (QED) is 0.799. The Kier molecular flexibility index (Phi) is 2.49. The molecule has 0 radical (unpaired) electrons. The third-order valence-electron chi connectivity index (χ3n) is 3.03. The zero-order valence-electron chi connectivity index (χ0n) is 9.32. The number of aliphatic hydroxyl groups is 1. The van der Waals surface area contributed by atoms with Crippen molar-refractivity contribution >= 4 is 5.69 Å². The van der Waals surface area contributed by atoms with E-state index < -0.39 is 0 Å². The van der Waals surface area contributed by atoms with Crippen LogP contribution in [0.5, 0.6) is 0 Å². The van der Waals surface area contributed by atoms with Crippen molar-refractivity contribution < 1.29 is 5.11 Å². The maximum atomic E-state index is 9.30. The van der Waals surface area contributed by atoms with E-state index in [4.69, 9.17) is 0 Å². The highest BCUT2D eigenvalue weighted by atomic mass is 16.3. The van der Waals surface area contributed by atoms with Gasteiger partial charge >= 0.3 is 0 Å². The Balaban J connectivity index is 1.91. The first-order valence-corrected chi connectivity index (χ1v) is 5.54. The number of aromatic nitrogens is 4. The molecule has 0 amide bonds. The van der Waals surface area contributed by atoms with Gasteiger partial charge < -0.3 is 14.6 Å². The highest BCUT2D eigenvalue weighted by Crippen LogP contribution is 2.23. The molecule has 1 aliphatic heterocycles. The lowest BCUT2D eigenvalue weighted by atomic mass is 10.2. The zero-order valence-corrected chi connectivity index (χ0v) is 9.32. The first-order chi connectivity index (χ1) is 8.38. The number of hydrogen-bond acceptors (Lipinski definition) is 5. The summed E-state index contributed by atoms with van der Waals surface area (Å²) in [7, 11) is 0. The van der Waals surface area contributed by atoms with E-state index in [0.29, 0.717) is 0 Å². The predicted molar refractivity (Wildman–Crippen MR) is 61.2 cm³/mol. The Morgan fingerprint density at radius 3 is 3.18 bits per heavy atom. The molecule has 2 aromatic rings. The summed E-state index contributed by atoms with van der Waals surface area (Å²) in [5.74, 6) is 0.956. The average Bonchev–Trinajstić information content (AvgIpc) is 2.85. The van der Waals surface area contributed by atoms with Crippen LogP contribution in [-0.4, -0.2) is 31.4 Å². The zero-order chi connectivity index (χ0) is 11.7. The summed E-state index contributed by atoms with van der Waals surface area (Å²) in [5.41, 5.74) is 1.87. The maximum absolute atomic E-state index is 9.30. The van der Waals surface area contributed by atoms with E-state index in [1.165, 1.54) is 0 Å². The number of anilines is 1. The van der Waals surface area contributed by atoms with Crippen LogP contribution < -0.4 is 4.90 Å². The first kappa shape index (κ1) is 10.2. The van der Waals surface area contributed by atoms with Gasteiger partial charge in [-0.2, -0.15) is 0 Å². The van der Waals surface area contributed by atoms with E-state index in [-0.39, 0.29) is 6.61 Å². The van der Waals surface area contributed by atoms with Gasteiger partial charge in [0.25, 0.3) is 0 Å². The Hall–Kier alpha value is -1.95. The number of pyridine rings is 1. The van der Waals surface area contributed by atoms with Crippen LogP contribution in [0.25, 0.3) is 0 Å². The van der Waals surface area contributed by atoms with Crippen LogP contribution in [0, 0.1) is 0 Å². The molecule has 6 heteroatoms. The van der Waals surface area contributed by atoms with Crippen LogP contribution in [0.3, 0.4) is 0 Å². The Morgan fingerprint density at radius 1 is 1.35 bits per heavy atom. The molecule has 0 aromatic carbocycles. The second-order valence-electron chi connectivity index (χ2n) is 4.02. The molecule has 1 N–H and O–H groups in total. The molecule has 6 nitrogen and oxygen atoms in total. The van der Waals surface area contributed by atoms with Gasteiger partial charge in [0.2, 0.25) is 0 Å². The molecular weight excluding hydrogens is 218 g/mol. The summed E-state index contributed by atoms with van der Waals surface area (Å²) < 4.78 is 2.05. The minimum Gasteiger partial charge on any atom is -0.392 e. The minimum absolute atomic E-state index is 0.00631. The lowest BCUT2D eigenvalue weighted by Crippen LogP contribution is -2.34. The molecule has 2 aromatic heterocycles. The van der Waals surface area contributed by atoms with Gasteiger partial charge in [-0.3, -0.25) is 4.98 Å². The van der Waals surface area contributed by atoms with Crippen molar-refractivity contribution in [3.05, 3.63) is 36.2 Å². The van der Waals surface area contributed by atoms with Crippen molar-refractivity contribution in [1.82, 2.24) is 19.7 Å². The van der Waals surface area contributed by atoms with Gasteiger partial charge in [0.1, 0.15) is 6.33 Å². The molecule has 0 unspecified atom stereocenters. The number of aliphatic hydroxyl groups excluding tert-OH is 1. The normalized spacial score (nSPS) is 14.8. The van der Waals surface area contributed by atoms with Crippen molar-refractivity contribution in [2.75, 3.05) is 11.4 Å².